The Balaban J connectivity index is 2.41. The molecule has 3 atom stereocenters. The summed E-state index contributed by atoms with van der Waals surface area (Å²) in [7, 11) is 0. The molecule has 0 radical (unpaired) electrons. The molecule has 0 saturated carbocycles. The zero-order valence-corrected chi connectivity index (χ0v) is 13.0. The quantitative estimate of drug-likeness (QED) is 0.899. The lowest BCUT2D eigenvalue weighted by atomic mass is 9.89. The Morgan fingerprint density at radius 3 is 2.56 bits per heavy atom. The first-order chi connectivity index (χ1) is 8.43. The maximum Gasteiger partial charge on any atom is 0.106 e. The molecule has 0 aromatic heterocycles. The molecule has 18 heavy (non-hydrogen) atoms. The van der Waals surface area contributed by atoms with E-state index in [0.29, 0.717) is 5.92 Å². The van der Waals surface area contributed by atoms with Gasteiger partial charge in [0, 0.05) is 11.1 Å². The van der Waals surface area contributed by atoms with Crippen LogP contribution in [0.5, 0.6) is 0 Å². The third-order valence-corrected chi connectivity index (χ3v) is 5.21. The van der Waals surface area contributed by atoms with Crippen molar-refractivity contribution in [2.75, 3.05) is 6.61 Å². The summed E-state index contributed by atoms with van der Waals surface area (Å²) in [5.41, 5.74) is 4.50. The van der Waals surface area contributed by atoms with E-state index < -0.39 is 6.10 Å². The molecule has 100 valence electrons. The minimum absolute atomic E-state index is 0.0722. The Morgan fingerprint density at radius 1 is 1.33 bits per heavy atom. The van der Waals surface area contributed by atoms with Crippen molar-refractivity contribution in [2.45, 2.75) is 46.3 Å². The second kappa shape index (κ2) is 5.32. The summed E-state index contributed by atoms with van der Waals surface area (Å²) in [6, 6.07) is 2.12. The topological polar surface area (TPSA) is 29.5 Å². The normalized spacial score (nSPS) is 25.4. The van der Waals surface area contributed by atoms with E-state index >= 15 is 0 Å². The van der Waals surface area contributed by atoms with E-state index in [-0.39, 0.29) is 6.10 Å². The van der Waals surface area contributed by atoms with Gasteiger partial charge in [0.25, 0.3) is 0 Å². The van der Waals surface area contributed by atoms with Gasteiger partial charge in [0.05, 0.1) is 6.10 Å². The lowest BCUT2D eigenvalue weighted by molar-refractivity contribution is -0.0184. The summed E-state index contributed by atoms with van der Waals surface area (Å²) in [4.78, 5) is 0. The van der Waals surface area contributed by atoms with E-state index in [1.807, 2.05) is 0 Å². The summed E-state index contributed by atoms with van der Waals surface area (Å²) >= 11 is 3.60. The van der Waals surface area contributed by atoms with Gasteiger partial charge in [-0.05, 0) is 55.4 Å². The van der Waals surface area contributed by atoms with Gasteiger partial charge in [0.2, 0.25) is 0 Å². The number of ether oxygens (including phenoxy) is 1. The molecule has 1 N–H and O–H groups in total. The minimum atomic E-state index is -0.528. The van der Waals surface area contributed by atoms with Crippen LogP contribution in [0.4, 0.5) is 0 Å². The van der Waals surface area contributed by atoms with Gasteiger partial charge in [-0.25, -0.2) is 0 Å². The highest BCUT2D eigenvalue weighted by Crippen LogP contribution is 2.37. The van der Waals surface area contributed by atoms with Gasteiger partial charge in [0.1, 0.15) is 6.10 Å². The zero-order valence-electron chi connectivity index (χ0n) is 11.5. The number of rotatable bonds is 2. The summed E-state index contributed by atoms with van der Waals surface area (Å²) in [5, 5.41) is 10.6. The Morgan fingerprint density at radius 2 is 2.00 bits per heavy atom. The second-order valence-electron chi connectivity index (χ2n) is 5.41. The van der Waals surface area contributed by atoms with Crippen molar-refractivity contribution in [1.29, 1.82) is 0 Å². The van der Waals surface area contributed by atoms with Crippen LogP contribution in [-0.4, -0.2) is 17.8 Å². The highest BCUT2D eigenvalue weighted by molar-refractivity contribution is 9.10. The molecule has 1 aromatic rings. The van der Waals surface area contributed by atoms with E-state index in [2.05, 4.69) is 49.7 Å². The molecule has 0 bridgehead atoms. The Hall–Kier alpha value is -0.380. The molecule has 1 fully saturated rings. The van der Waals surface area contributed by atoms with Crippen molar-refractivity contribution < 1.29 is 9.84 Å². The summed E-state index contributed by atoms with van der Waals surface area (Å²) in [6.07, 6.45) is 0.434. The Bertz CT molecular complexity index is 456. The molecule has 1 saturated heterocycles. The summed E-state index contributed by atoms with van der Waals surface area (Å²) in [5.74, 6) is 0.416. The smallest absolute Gasteiger partial charge is 0.106 e. The van der Waals surface area contributed by atoms with Crippen LogP contribution >= 0.6 is 15.9 Å². The molecule has 1 aliphatic heterocycles. The molecule has 2 nitrogen and oxygen atoms in total. The fourth-order valence-corrected chi connectivity index (χ4v) is 3.24. The SMILES string of the molecule is Cc1cc(C)c(C(O)C2OCCC2C)c(C)c1Br. The van der Waals surface area contributed by atoms with Gasteiger partial charge in [-0.1, -0.05) is 28.9 Å². The van der Waals surface area contributed by atoms with E-state index in [4.69, 9.17) is 4.74 Å². The lowest BCUT2D eigenvalue weighted by Gasteiger charge is -2.25. The molecular weight excluding hydrogens is 292 g/mol. The third-order valence-electron chi connectivity index (χ3n) is 3.99. The first kappa shape index (κ1) is 14.0. The van der Waals surface area contributed by atoms with Crippen molar-refractivity contribution in [3.63, 3.8) is 0 Å². The lowest BCUT2D eigenvalue weighted by Crippen LogP contribution is -2.24. The van der Waals surface area contributed by atoms with Crippen LogP contribution in [0, 0.1) is 26.7 Å². The predicted octanol–water partition coefficient (Wildman–Crippen LogP) is 3.83. The van der Waals surface area contributed by atoms with Crippen LogP contribution in [0.25, 0.3) is 0 Å². The first-order valence-corrected chi connectivity index (χ1v) is 7.28. The molecule has 0 aliphatic carbocycles. The molecular formula is C15H21BrO2. The molecule has 3 heteroatoms. The van der Waals surface area contributed by atoms with Gasteiger partial charge >= 0.3 is 0 Å². The third kappa shape index (κ3) is 2.36. The average Bonchev–Trinajstić information content (AvgIpc) is 2.72. The maximum atomic E-state index is 10.6. The minimum Gasteiger partial charge on any atom is -0.386 e. The second-order valence-corrected chi connectivity index (χ2v) is 6.20. The molecule has 0 amide bonds. The molecule has 1 aliphatic rings. The number of hydrogen-bond donors (Lipinski definition) is 1. The zero-order chi connectivity index (χ0) is 13.4. The molecule has 2 rings (SSSR count). The van der Waals surface area contributed by atoms with E-state index in [1.165, 1.54) is 5.56 Å². The monoisotopic (exact) mass is 312 g/mol. The van der Waals surface area contributed by atoms with Crippen molar-refractivity contribution in [3.05, 3.63) is 32.8 Å². The maximum absolute atomic E-state index is 10.6. The largest absolute Gasteiger partial charge is 0.386 e. The summed E-state index contributed by atoms with van der Waals surface area (Å²) in [6.45, 7) is 9.10. The standard InChI is InChI=1S/C15H21BrO2/c1-8-5-6-18-15(8)14(17)12-9(2)7-10(3)13(16)11(12)4/h7-8,14-15,17H,5-6H2,1-4H3. The highest BCUT2D eigenvalue weighted by Gasteiger charge is 2.33. The van der Waals surface area contributed by atoms with Crippen molar-refractivity contribution in [2.24, 2.45) is 5.92 Å². The van der Waals surface area contributed by atoms with Gasteiger partial charge in [-0.3, -0.25) is 0 Å². The van der Waals surface area contributed by atoms with Crippen LogP contribution in [-0.2, 0) is 4.74 Å². The van der Waals surface area contributed by atoms with Gasteiger partial charge in [-0.2, -0.15) is 0 Å². The predicted molar refractivity (Wildman–Crippen MR) is 76.8 cm³/mol. The molecule has 0 spiro atoms. The van der Waals surface area contributed by atoms with Crippen molar-refractivity contribution >= 4 is 15.9 Å². The fourth-order valence-electron chi connectivity index (χ4n) is 2.92. The van der Waals surface area contributed by atoms with Crippen molar-refractivity contribution in [1.82, 2.24) is 0 Å². The number of hydrogen-bond acceptors (Lipinski definition) is 2. The van der Waals surface area contributed by atoms with Crippen LogP contribution in [0.2, 0.25) is 0 Å². The van der Waals surface area contributed by atoms with Gasteiger partial charge < -0.3 is 9.84 Å². The van der Waals surface area contributed by atoms with Gasteiger partial charge in [-0.15, -0.1) is 0 Å². The Labute approximate surface area is 117 Å². The van der Waals surface area contributed by atoms with E-state index in [1.54, 1.807) is 0 Å². The van der Waals surface area contributed by atoms with E-state index in [0.717, 1.165) is 34.2 Å². The van der Waals surface area contributed by atoms with Crippen LogP contribution in [0.15, 0.2) is 10.5 Å². The Kier molecular flexibility index (Phi) is 4.15. The van der Waals surface area contributed by atoms with Crippen molar-refractivity contribution in [3.8, 4) is 0 Å². The van der Waals surface area contributed by atoms with E-state index in [9.17, 15) is 5.11 Å². The average molecular weight is 313 g/mol. The number of aliphatic hydroxyl groups is 1. The number of aryl methyl sites for hydroxylation is 2. The highest BCUT2D eigenvalue weighted by atomic mass is 79.9. The number of benzene rings is 1. The molecule has 3 unspecified atom stereocenters. The molecule has 1 heterocycles. The number of halogens is 1. The van der Waals surface area contributed by atoms with Gasteiger partial charge in [0.15, 0.2) is 0 Å². The van der Waals surface area contributed by atoms with Crippen LogP contribution < -0.4 is 0 Å². The molecule has 1 aromatic carbocycles. The van der Waals surface area contributed by atoms with Crippen LogP contribution in [0.1, 0.15) is 41.7 Å². The van der Waals surface area contributed by atoms with Crippen LogP contribution in [0.3, 0.4) is 0 Å². The fraction of sp³-hybridized carbons (Fsp3) is 0.600. The first-order valence-electron chi connectivity index (χ1n) is 6.49. The summed E-state index contributed by atoms with van der Waals surface area (Å²) < 4.78 is 6.79. The number of aliphatic hydroxyl groups excluding tert-OH is 1.